The fourth-order valence-corrected chi connectivity index (χ4v) is 2.45. The van der Waals surface area contributed by atoms with Crippen LogP contribution in [0.4, 0.5) is 0 Å². The topological polar surface area (TPSA) is 48.3 Å². The van der Waals surface area contributed by atoms with Crippen LogP contribution in [0.5, 0.6) is 0 Å². The van der Waals surface area contributed by atoms with E-state index in [1.807, 2.05) is 18.7 Å². The summed E-state index contributed by atoms with van der Waals surface area (Å²) in [6.45, 7) is 6.46. The minimum Gasteiger partial charge on any atom is -0.378 e. The summed E-state index contributed by atoms with van der Waals surface area (Å²) in [5, 5.41) is 7.90. The maximum atomic E-state index is 5.61. The summed E-state index contributed by atoms with van der Waals surface area (Å²) in [5.41, 5.74) is 2.15. The molecule has 18 heavy (non-hydrogen) atoms. The molecule has 2 heterocycles. The number of hydrogen-bond acceptors (Lipinski definition) is 4. The van der Waals surface area contributed by atoms with Crippen LogP contribution in [0.15, 0.2) is 6.20 Å². The second kappa shape index (κ2) is 5.38. The molecule has 0 bridgehead atoms. The average Bonchev–Trinajstić information content (AvgIpc) is 2.94. The number of nitrogens with zero attached hydrogens (tertiary/aromatic N) is 2. The first-order valence-corrected chi connectivity index (χ1v) is 6.43. The Morgan fingerprint density at radius 2 is 2.44 bits per heavy atom. The van der Waals surface area contributed by atoms with Gasteiger partial charge >= 0.3 is 0 Å². The van der Waals surface area contributed by atoms with E-state index in [9.17, 15) is 0 Å². The Bertz CT molecular complexity index is 397. The molecule has 0 aliphatic carbocycles. The van der Waals surface area contributed by atoms with Gasteiger partial charge in [0.05, 0.1) is 12.3 Å². The molecule has 0 radical (unpaired) electrons. The monoisotopic (exact) mass is 253 g/mol. The van der Waals surface area contributed by atoms with Gasteiger partial charge in [0, 0.05) is 51.5 Å². The van der Waals surface area contributed by atoms with Gasteiger partial charge in [-0.1, -0.05) is 0 Å². The van der Waals surface area contributed by atoms with Gasteiger partial charge in [0.2, 0.25) is 0 Å². The van der Waals surface area contributed by atoms with Gasteiger partial charge in [-0.25, -0.2) is 0 Å². The number of aryl methyl sites for hydroxylation is 2. The van der Waals surface area contributed by atoms with Crippen LogP contribution >= 0.6 is 0 Å². The fourth-order valence-electron chi connectivity index (χ4n) is 2.45. The molecule has 0 aromatic carbocycles. The number of methoxy groups -OCH3 is 1. The van der Waals surface area contributed by atoms with Crippen LogP contribution in [0.2, 0.25) is 0 Å². The minimum atomic E-state index is -0.162. The molecule has 1 saturated heterocycles. The summed E-state index contributed by atoms with van der Waals surface area (Å²) >= 11 is 0. The van der Waals surface area contributed by atoms with E-state index in [4.69, 9.17) is 9.47 Å². The molecular weight excluding hydrogens is 230 g/mol. The van der Waals surface area contributed by atoms with Crippen molar-refractivity contribution < 1.29 is 9.47 Å². The molecule has 2 unspecified atom stereocenters. The van der Waals surface area contributed by atoms with E-state index < -0.39 is 0 Å². The van der Waals surface area contributed by atoms with Crippen molar-refractivity contribution >= 4 is 0 Å². The molecular formula is C13H23N3O2. The number of nitrogens with one attached hydrogen (secondary N) is 1. The second-order valence-corrected chi connectivity index (χ2v) is 5.14. The lowest BCUT2D eigenvalue weighted by molar-refractivity contribution is -0.0172. The van der Waals surface area contributed by atoms with E-state index in [0.717, 1.165) is 25.3 Å². The largest absolute Gasteiger partial charge is 0.378 e. The molecule has 1 fully saturated rings. The highest BCUT2D eigenvalue weighted by Crippen LogP contribution is 2.23. The molecule has 2 atom stereocenters. The fraction of sp³-hybridized carbons (Fsp3) is 0.769. The number of aromatic nitrogens is 2. The first-order chi connectivity index (χ1) is 8.56. The van der Waals surface area contributed by atoms with Gasteiger partial charge in [-0.05, 0) is 13.8 Å². The molecule has 1 aliphatic heterocycles. The third kappa shape index (κ3) is 2.74. The van der Waals surface area contributed by atoms with Gasteiger partial charge in [0.15, 0.2) is 0 Å². The molecule has 1 aromatic rings. The molecule has 0 spiro atoms. The van der Waals surface area contributed by atoms with Crippen molar-refractivity contribution in [2.75, 3.05) is 26.9 Å². The SMILES string of the molecule is COC1(CNC(C)c2cn(C)nc2C)CCOC1. The third-order valence-corrected chi connectivity index (χ3v) is 3.75. The standard InChI is InChI=1S/C13H23N3O2/c1-10(12-7-16(3)15-11(12)2)14-8-13(17-4)5-6-18-9-13/h7,10,14H,5-6,8-9H2,1-4H3. The molecule has 0 amide bonds. The normalized spacial score (nSPS) is 25.6. The van der Waals surface area contributed by atoms with E-state index in [0.29, 0.717) is 6.61 Å². The smallest absolute Gasteiger partial charge is 0.106 e. The molecule has 5 nitrogen and oxygen atoms in total. The van der Waals surface area contributed by atoms with Crippen LogP contribution in [0, 0.1) is 6.92 Å². The predicted molar refractivity (Wildman–Crippen MR) is 69.5 cm³/mol. The van der Waals surface area contributed by atoms with Gasteiger partial charge in [-0.3, -0.25) is 4.68 Å². The third-order valence-electron chi connectivity index (χ3n) is 3.75. The second-order valence-electron chi connectivity index (χ2n) is 5.14. The van der Waals surface area contributed by atoms with Crippen molar-refractivity contribution in [3.8, 4) is 0 Å². The van der Waals surface area contributed by atoms with E-state index in [1.165, 1.54) is 5.56 Å². The molecule has 5 heteroatoms. The summed E-state index contributed by atoms with van der Waals surface area (Å²) in [4.78, 5) is 0. The average molecular weight is 253 g/mol. The summed E-state index contributed by atoms with van der Waals surface area (Å²) in [7, 11) is 3.71. The zero-order valence-electron chi connectivity index (χ0n) is 11.7. The highest BCUT2D eigenvalue weighted by Gasteiger charge is 2.35. The van der Waals surface area contributed by atoms with Crippen molar-refractivity contribution in [3.05, 3.63) is 17.5 Å². The van der Waals surface area contributed by atoms with Crippen LogP contribution in [-0.2, 0) is 16.5 Å². The van der Waals surface area contributed by atoms with Crippen LogP contribution < -0.4 is 5.32 Å². The number of ether oxygens (including phenoxy) is 2. The van der Waals surface area contributed by atoms with Crippen LogP contribution in [0.3, 0.4) is 0 Å². The molecule has 1 N–H and O–H groups in total. The Hall–Kier alpha value is -0.910. The first-order valence-electron chi connectivity index (χ1n) is 6.43. The highest BCUT2D eigenvalue weighted by molar-refractivity contribution is 5.19. The van der Waals surface area contributed by atoms with E-state index in [-0.39, 0.29) is 11.6 Å². The Morgan fingerprint density at radius 3 is 2.94 bits per heavy atom. The maximum absolute atomic E-state index is 5.61. The first kappa shape index (κ1) is 13.5. The number of rotatable bonds is 5. The molecule has 2 rings (SSSR count). The Kier molecular flexibility index (Phi) is 4.04. The van der Waals surface area contributed by atoms with Crippen molar-refractivity contribution in [1.29, 1.82) is 0 Å². The molecule has 102 valence electrons. The lowest BCUT2D eigenvalue weighted by Crippen LogP contribution is -2.43. The Labute approximate surface area is 108 Å². The van der Waals surface area contributed by atoms with Crippen molar-refractivity contribution in [1.82, 2.24) is 15.1 Å². The number of hydrogen-bond donors (Lipinski definition) is 1. The van der Waals surface area contributed by atoms with Crippen molar-refractivity contribution in [3.63, 3.8) is 0 Å². The minimum absolute atomic E-state index is 0.162. The molecule has 1 aliphatic rings. The van der Waals surface area contributed by atoms with E-state index >= 15 is 0 Å². The van der Waals surface area contributed by atoms with Gasteiger partial charge in [0.25, 0.3) is 0 Å². The van der Waals surface area contributed by atoms with Crippen LogP contribution in [0.25, 0.3) is 0 Å². The summed E-state index contributed by atoms with van der Waals surface area (Å²) in [6.07, 6.45) is 3.02. The van der Waals surface area contributed by atoms with Crippen molar-refractivity contribution in [2.24, 2.45) is 7.05 Å². The van der Waals surface area contributed by atoms with E-state index in [2.05, 4.69) is 23.5 Å². The summed E-state index contributed by atoms with van der Waals surface area (Å²) in [6, 6.07) is 0.270. The summed E-state index contributed by atoms with van der Waals surface area (Å²) in [5.74, 6) is 0. The highest BCUT2D eigenvalue weighted by atomic mass is 16.5. The lowest BCUT2D eigenvalue weighted by Gasteiger charge is -2.28. The Morgan fingerprint density at radius 1 is 1.67 bits per heavy atom. The van der Waals surface area contributed by atoms with Crippen LogP contribution in [0.1, 0.15) is 30.6 Å². The molecule has 0 saturated carbocycles. The van der Waals surface area contributed by atoms with E-state index in [1.54, 1.807) is 7.11 Å². The van der Waals surface area contributed by atoms with Crippen molar-refractivity contribution in [2.45, 2.75) is 31.9 Å². The predicted octanol–water partition coefficient (Wildman–Crippen LogP) is 1.18. The maximum Gasteiger partial charge on any atom is 0.106 e. The lowest BCUT2D eigenvalue weighted by atomic mass is 10.0. The molecule has 1 aromatic heterocycles. The zero-order valence-corrected chi connectivity index (χ0v) is 11.7. The Balaban J connectivity index is 1.95. The van der Waals surface area contributed by atoms with Gasteiger partial charge in [-0.2, -0.15) is 5.10 Å². The van der Waals surface area contributed by atoms with Gasteiger partial charge in [0.1, 0.15) is 5.60 Å². The van der Waals surface area contributed by atoms with Gasteiger partial charge < -0.3 is 14.8 Å². The quantitative estimate of drug-likeness (QED) is 0.856. The van der Waals surface area contributed by atoms with Crippen LogP contribution in [-0.4, -0.2) is 42.2 Å². The van der Waals surface area contributed by atoms with Gasteiger partial charge in [-0.15, -0.1) is 0 Å². The zero-order chi connectivity index (χ0) is 13.2. The summed E-state index contributed by atoms with van der Waals surface area (Å²) < 4.78 is 12.9.